The molecule has 1 aliphatic carbocycles. The van der Waals surface area contributed by atoms with Crippen LogP contribution in [0.5, 0.6) is 0 Å². The van der Waals surface area contributed by atoms with Gasteiger partial charge in [-0.2, -0.15) is 5.10 Å². The maximum Gasteiger partial charge on any atom is 0.186 e. The molecule has 2 heterocycles. The van der Waals surface area contributed by atoms with E-state index in [0.29, 0.717) is 28.7 Å². The van der Waals surface area contributed by atoms with Crippen LogP contribution >= 0.6 is 7.92 Å². The Morgan fingerprint density at radius 2 is 2.06 bits per heavy atom. The molecular weight excluding hydrogens is 419 g/mol. The van der Waals surface area contributed by atoms with Crippen molar-refractivity contribution < 1.29 is 8.78 Å². The van der Waals surface area contributed by atoms with E-state index in [9.17, 15) is 8.78 Å². The Morgan fingerprint density at radius 1 is 1.29 bits per heavy atom. The molecule has 4 N–H and O–H groups in total. The smallest absolute Gasteiger partial charge is 0.186 e. The van der Waals surface area contributed by atoms with Gasteiger partial charge in [-0.1, -0.05) is 20.1 Å². The second kappa shape index (κ2) is 8.32. The largest absolute Gasteiger partial charge is 0.381 e. The number of nitrogens with two attached hydrogens (primary N) is 2. The highest BCUT2D eigenvalue weighted by Gasteiger charge is 2.26. The van der Waals surface area contributed by atoms with Crippen molar-refractivity contribution in [3.05, 3.63) is 53.5 Å². The summed E-state index contributed by atoms with van der Waals surface area (Å²) in [5.41, 5.74) is 8.60. The average Bonchev–Trinajstić information content (AvgIpc) is 3.06. The van der Waals surface area contributed by atoms with Gasteiger partial charge in [0, 0.05) is 36.6 Å². The summed E-state index contributed by atoms with van der Waals surface area (Å²) in [5, 5.41) is 6.23. The Balaban J connectivity index is 1.58. The number of hydrogen-bond donors (Lipinski definition) is 2. The van der Waals surface area contributed by atoms with E-state index in [1.807, 2.05) is 19.5 Å². The number of benzene rings is 1. The van der Waals surface area contributed by atoms with Crippen LogP contribution in [0.4, 0.5) is 20.4 Å². The minimum atomic E-state index is -0.557. The molecule has 162 valence electrons. The molecule has 10 heteroatoms. The molecule has 0 spiro atoms. The third kappa shape index (κ3) is 4.29. The summed E-state index contributed by atoms with van der Waals surface area (Å²) < 4.78 is 30.7. The zero-order chi connectivity index (χ0) is 22.3. The molecule has 7 nitrogen and oxygen atoms in total. The van der Waals surface area contributed by atoms with Crippen LogP contribution in [0.2, 0.25) is 0 Å². The molecule has 4 rings (SSSR count). The van der Waals surface area contributed by atoms with E-state index in [4.69, 9.17) is 11.6 Å². The molecule has 0 radical (unpaired) electrons. The SMILES string of the molecule is Cn1cc2c(n1)C=C(F)C(CN(N)c1nc(-c3ccc(P(C)C)c(F)c3)cnc1N)C2. The van der Waals surface area contributed by atoms with E-state index in [1.165, 1.54) is 23.3 Å². The fraction of sp³-hybridized carbons (Fsp3) is 0.286. The number of halogens is 2. The van der Waals surface area contributed by atoms with Gasteiger partial charge in [-0.15, -0.1) is 0 Å². The molecule has 0 fully saturated rings. The number of aryl methyl sites for hydroxylation is 1. The molecule has 1 aliphatic rings. The number of hydrazine groups is 1. The van der Waals surface area contributed by atoms with Crippen LogP contribution in [0.3, 0.4) is 0 Å². The van der Waals surface area contributed by atoms with Crippen LogP contribution in [-0.4, -0.2) is 39.6 Å². The van der Waals surface area contributed by atoms with E-state index < -0.39 is 13.8 Å². The first-order valence-electron chi connectivity index (χ1n) is 9.74. The van der Waals surface area contributed by atoms with Crippen molar-refractivity contribution in [3.8, 4) is 11.3 Å². The second-order valence-electron chi connectivity index (χ2n) is 7.82. The van der Waals surface area contributed by atoms with Gasteiger partial charge < -0.3 is 5.73 Å². The van der Waals surface area contributed by atoms with Crippen molar-refractivity contribution in [2.75, 3.05) is 30.6 Å². The molecule has 0 aliphatic heterocycles. The van der Waals surface area contributed by atoms with Crippen molar-refractivity contribution in [1.29, 1.82) is 0 Å². The highest BCUT2D eigenvalue weighted by atomic mass is 31.1. The summed E-state index contributed by atoms with van der Waals surface area (Å²) in [6.07, 6.45) is 5.25. The number of hydrogen-bond acceptors (Lipinski definition) is 6. The highest BCUT2D eigenvalue weighted by Crippen LogP contribution is 2.31. The first-order valence-corrected chi connectivity index (χ1v) is 12.0. The van der Waals surface area contributed by atoms with E-state index in [2.05, 4.69) is 15.1 Å². The van der Waals surface area contributed by atoms with Gasteiger partial charge in [-0.05, 0) is 37.5 Å². The van der Waals surface area contributed by atoms with Crippen molar-refractivity contribution in [3.63, 3.8) is 0 Å². The second-order valence-corrected chi connectivity index (χ2v) is 10.1. The molecule has 3 aromatic rings. The van der Waals surface area contributed by atoms with Crippen LogP contribution in [0.1, 0.15) is 11.3 Å². The molecule has 31 heavy (non-hydrogen) atoms. The topological polar surface area (TPSA) is 98.9 Å². The van der Waals surface area contributed by atoms with E-state index in [-0.39, 0.29) is 29.8 Å². The zero-order valence-corrected chi connectivity index (χ0v) is 18.4. The molecule has 1 unspecified atom stereocenters. The maximum absolute atomic E-state index is 14.6. The lowest BCUT2D eigenvalue weighted by atomic mass is 9.92. The normalized spacial score (nSPS) is 15.7. The van der Waals surface area contributed by atoms with Crippen LogP contribution in [-0.2, 0) is 13.5 Å². The number of rotatable bonds is 5. The fourth-order valence-electron chi connectivity index (χ4n) is 3.69. The Labute approximate surface area is 180 Å². The van der Waals surface area contributed by atoms with Crippen LogP contribution in [0, 0.1) is 11.7 Å². The van der Waals surface area contributed by atoms with Crippen molar-refractivity contribution in [2.24, 2.45) is 18.8 Å². The molecule has 1 aromatic carbocycles. The van der Waals surface area contributed by atoms with Gasteiger partial charge in [-0.25, -0.2) is 24.6 Å². The Bertz CT molecular complexity index is 1160. The van der Waals surface area contributed by atoms with Gasteiger partial charge in [0.05, 0.1) is 17.6 Å². The fourth-order valence-corrected chi connectivity index (χ4v) is 4.55. The summed E-state index contributed by atoms with van der Waals surface area (Å²) in [7, 11) is 1.24. The average molecular weight is 443 g/mol. The first-order chi connectivity index (χ1) is 14.7. The maximum atomic E-state index is 14.6. The number of anilines is 2. The van der Waals surface area contributed by atoms with Gasteiger partial charge in [-0.3, -0.25) is 9.69 Å². The monoisotopic (exact) mass is 443 g/mol. The molecule has 2 aromatic heterocycles. The zero-order valence-electron chi connectivity index (χ0n) is 17.5. The van der Waals surface area contributed by atoms with Crippen LogP contribution < -0.4 is 21.9 Å². The summed E-state index contributed by atoms with van der Waals surface area (Å²) in [4.78, 5) is 8.66. The Morgan fingerprint density at radius 3 is 2.77 bits per heavy atom. The quantitative estimate of drug-likeness (QED) is 0.358. The van der Waals surface area contributed by atoms with Gasteiger partial charge in [0.2, 0.25) is 0 Å². The van der Waals surface area contributed by atoms with Crippen molar-refractivity contribution >= 4 is 30.9 Å². The highest BCUT2D eigenvalue weighted by molar-refractivity contribution is 7.64. The third-order valence-electron chi connectivity index (χ3n) is 5.26. The standard InChI is InChI=1S/C21H24F2N7P/c1-29-10-14-6-13(15(22)8-17(14)28-29)11-30(25)21-20(24)26-9-18(27-21)12-4-5-19(31(2)3)16(23)7-12/h4-5,7-10,13H,6,11,25H2,1-3H3,(H2,24,26). The third-order valence-corrected chi connectivity index (χ3v) is 6.59. The summed E-state index contributed by atoms with van der Waals surface area (Å²) in [6, 6.07) is 5.01. The number of nitrogen functional groups attached to an aromatic ring is 1. The molecule has 0 saturated heterocycles. The Kier molecular flexibility index (Phi) is 5.73. The van der Waals surface area contributed by atoms with Gasteiger partial charge >= 0.3 is 0 Å². The predicted molar refractivity (Wildman–Crippen MR) is 121 cm³/mol. The van der Waals surface area contributed by atoms with Gasteiger partial charge in [0.15, 0.2) is 11.6 Å². The van der Waals surface area contributed by atoms with E-state index >= 15 is 0 Å². The number of nitrogens with zero attached hydrogens (tertiary/aromatic N) is 5. The van der Waals surface area contributed by atoms with E-state index in [0.717, 1.165) is 5.56 Å². The first kappa shape index (κ1) is 21.3. The molecule has 0 bridgehead atoms. The molecular formula is C21H24F2N7P. The minimum Gasteiger partial charge on any atom is -0.381 e. The summed E-state index contributed by atoms with van der Waals surface area (Å²) >= 11 is 0. The lowest BCUT2D eigenvalue weighted by Crippen LogP contribution is -2.38. The van der Waals surface area contributed by atoms with Crippen molar-refractivity contribution in [2.45, 2.75) is 6.42 Å². The Hall–Kier alpha value is -2.90. The number of fused-ring (bicyclic) bond motifs is 1. The molecule has 0 saturated carbocycles. The van der Waals surface area contributed by atoms with Crippen LogP contribution in [0.25, 0.3) is 17.3 Å². The van der Waals surface area contributed by atoms with E-state index in [1.54, 1.807) is 23.9 Å². The number of aromatic nitrogens is 4. The molecule has 0 amide bonds. The lowest BCUT2D eigenvalue weighted by Gasteiger charge is -2.26. The van der Waals surface area contributed by atoms with Crippen molar-refractivity contribution in [1.82, 2.24) is 19.7 Å². The predicted octanol–water partition coefficient (Wildman–Crippen LogP) is 2.83. The van der Waals surface area contributed by atoms with Gasteiger partial charge in [0.1, 0.15) is 11.6 Å². The summed E-state index contributed by atoms with van der Waals surface area (Å²) in [5.74, 6) is 5.53. The van der Waals surface area contributed by atoms with Gasteiger partial charge in [0.25, 0.3) is 0 Å². The molecule has 1 atom stereocenters. The van der Waals surface area contributed by atoms with Crippen LogP contribution in [0.15, 0.2) is 36.4 Å². The minimum absolute atomic E-state index is 0.122. The lowest BCUT2D eigenvalue weighted by molar-refractivity contribution is 0.457. The summed E-state index contributed by atoms with van der Waals surface area (Å²) in [6.45, 7) is 4.14.